The van der Waals surface area contributed by atoms with Crippen LogP contribution in [-0.2, 0) is 6.98 Å². The maximum Gasteiger partial charge on any atom is 0.147 e. The fourth-order valence-electron chi connectivity index (χ4n) is 3.72. The molecule has 1 aromatic carbocycles. The van der Waals surface area contributed by atoms with Crippen molar-refractivity contribution in [3.8, 4) is 28.1 Å². The zero-order valence-electron chi connectivity index (χ0n) is 20.7. The van der Waals surface area contributed by atoms with E-state index in [4.69, 9.17) is 4.11 Å². The molecule has 0 amide bonds. The highest BCUT2D eigenvalue weighted by molar-refractivity contribution is 5.85. The van der Waals surface area contributed by atoms with Crippen molar-refractivity contribution in [2.45, 2.75) is 38.8 Å². The van der Waals surface area contributed by atoms with E-state index in [2.05, 4.69) is 46.1 Å². The van der Waals surface area contributed by atoms with Gasteiger partial charge in [0, 0.05) is 53.1 Å². The number of anilines is 1. The van der Waals surface area contributed by atoms with E-state index in [1.165, 1.54) is 12.4 Å². The van der Waals surface area contributed by atoms with Crippen molar-refractivity contribution < 1.29 is 9.22 Å². The molecule has 1 aliphatic heterocycles. The second-order valence-electron chi connectivity index (χ2n) is 8.49. The van der Waals surface area contributed by atoms with Gasteiger partial charge in [-0.25, -0.2) is 4.98 Å². The Morgan fingerprint density at radius 2 is 1.94 bits per heavy atom. The summed E-state index contributed by atoms with van der Waals surface area (Å²) in [6.07, 6.45) is 7.37. The van der Waals surface area contributed by atoms with Crippen molar-refractivity contribution in [3.05, 3.63) is 43.0 Å². The summed E-state index contributed by atoms with van der Waals surface area (Å²) in [5.74, 6) is 0.863. The van der Waals surface area contributed by atoms with E-state index >= 15 is 0 Å². The third kappa shape index (κ3) is 5.87. The molecule has 1 saturated heterocycles. The van der Waals surface area contributed by atoms with Gasteiger partial charge >= 0.3 is 0 Å². The van der Waals surface area contributed by atoms with E-state index in [-0.39, 0.29) is 36.1 Å². The first-order chi connectivity index (χ1) is 15.0. The minimum absolute atomic E-state index is 0. The van der Waals surface area contributed by atoms with Gasteiger partial charge in [-0.1, -0.05) is 6.07 Å². The molecule has 31 heavy (non-hydrogen) atoms. The van der Waals surface area contributed by atoms with Crippen LogP contribution in [0, 0.1) is 0 Å². The number of hydrogen-bond donors (Lipinski definition) is 2. The number of nitrogens with zero attached hydrogens (tertiary/aromatic N) is 5. The first-order valence-corrected chi connectivity index (χ1v) is 9.73. The number of aryl methyl sites for hydroxylation is 1. The van der Waals surface area contributed by atoms with E-state index in [1.54, 1.807) is 30.6 Å². The molecule has 1 atom stereocenters. The summed E-state index contributed by atoms with van der Waals surface area (Å²) >= 11 is 0. The Morgan fingerprint density at radius 1 is 1.13 bits per heavy atom. The number of phenols is 1. The van der Waals surface area contributed by atoms with E-state index < -0.39 is 6.98 Å². The molecule has 1 aliphatic rings. The molecule has 0 bridgehead atoms. The third-order valence-corrected chi connectivity index (χ3v) is 4.98. The Morgan fingerprint density at radius 3 is 2.55 bits per heavy atom. The number of aromatic nitrogens is 4. The van der Waals surface area contributed by atoms with Gasteiger partial charge in [0.05, 0.1) is 24.3 Å². The van der Waals surface area contributed by atoms with Crippen LogP contribution >= 0.6 is 24.8 Å². The molecule has 2 aromatic heterocycles. The van der Waals surface area contributed by atoms with Gasteiger partial charge < -0.3 is 15.3 Å². The van der Waals surface area contributed by atoms with Crippen LogP contribution in [-0.4, -0.2) is 49.5 Å². The quantitative estimate of drug-likeness (QED) is 0.601. The standard InChI is InChI=1S/C22H28N6O.2ClH/c1-22(2,3)26-17-7-8-28(14-17)21-12-23-19(11-24-21)18-6-5-15(9-20(18)29)16-10-25-27(4)13-16;;/h5-6,9-13,17,26,29H,7-8,14H2,1-4H3;2*1H/i4D3;;. The molecule has 1 fully saturated rings. The lowest BCUT2D eigenvalue weighted by molar-refractivity contribution is 0.373. The average Bonchev–Trinajstić information content (AvgIpc) is 3.36. The fraction of sp³-hybridized carbons (Fsp3) is 0.409. The molecule has 3 aromatic rings. The number of aromatic hydroxyl groups is 1. The highest BCUT2D eigenvalue weighted by atomic mass is 35.5. The molecular formula is C22H30Cl2N6O. The average molecular weight is 468 g/mol. The van der Waals surface area contributed by atoms with Gasteiger partial charge in [-0.3, -0.25) is 9.67 Å². The first kappa shape index (κ1) is 20.5. The van der Waals surface area contributed by atoms with Gasteiger partial charge in [0.15, 0.2) is 0 Å². The second kappa shape index (κ2) is 9.85. The van der Waals surface area contributed by atoms with Gasteiger partial charge in [0.2, 0.25) is 0 Å². The molecule has 0 radical (unpaired) electrons. The van der Waals surface area contributed by atoms with E-state index in [1.807, 2.05) is 0 Å². The van der Waals surface area contributed by atoms with Crippen LogP contribution in [0.25, 0.3) is 22.4 Å². The SMILES string of the molecule is Cl.Cl.[2H]C([2H])([2H])n1cc(-c2ccc(-c3cnc(N4CCC(NC(C)(C)C)C4)cn3)c(O)c2)cn1. The number of hydrogen-bond acceptors (Lipinski definition) is 6. The monoisotopic (exact) mass is 467 g/mol. The molecule has 3 heterocycles. The summed E-state index contributed by atoms with van der Waals surface area (Å²) in [6.45, 7) is 5.97. The Kier molecular flexibility index (Phi) is 6.53. The molecular weight excluding hydrogens is 435 g/mol. The number of halogens is 2. The Balaban J connectivity index is 0.00000204. The predicted molar refractivity (Wildman–Crippen MR) is 129 cm³/mol. The summed E-state index contributed by atoms with van der Waals surface area (Å²) < 4.78 is 23.2. The summed E-state index contributed by atoms with van der Waals surface area (Å²) in [5, 5.41) is 18.1. The molecule has 9 heteroatoms. The van der Waals surface area contributed by atoms with Crippen molar-refractivity contribution in [2.75, 3.05) is 18.0 Å². The van der Waals surface area contributed by atoms with Crippen molar-refractivity contribution >= 4 is 30.6 Å². The molecule has 4 rings (SSSR count). The topological polar surface area (TPSA) is 79.1 Å². The minimum Gasteiger partial charge on any atom is -0.507 e. The van der Waals surface area contributed by atoms with E-state index in [0.29, 0.717) is 28.4 Å². The van der Waals surface area contributed by atoms with Gasteiger partial charge in [-0.05, 0) is 44.9 Å². The van der Waals surface area contributed by atoms with Crippen molar-refractivity contribution in [1.82, 2.24) is 25.1 Å². The third-order valence-electron chi connectivity index (χ3n) is 4.98. The van der Waals surface area contributed by atoms with Gasteiger partial charge in [0.25, 0.3) is 0 Å². The lowest BCUT2D eigenvalue weighted by Gasteiger charge is -2.26. The molecule has 0 saturated carbocycles. The molecule has 2 N–H and O–H groups in total. The summed E-state index contributed by atoms with van der Waals surface area (Å²) in [5.41, 5.74) is 2.48. The zero-order valence-corrected chi connectivity index (χ0v) is 19.4. The number of benzene rings is 1. The van der Waals surface area contributed by atoms with E-state index in [0.717, 1.165) is 30.0 Å². The van der Waals surface area contributed by atoms with Crippen molar-refractivity contribution in [1.29, 1.82) is 0 Å². The minimum atomic E-state index is -2.34. The van der Waals surface area contributed by atoms with Crippen LogP contribution in [0.4, 0.5) is 5.82 Å². The Hall–Kier alpha value is -2.35. The lowest BCUT2D eigenvalue weighted by atomic mass is 10.0. The Bertz CT molecular complexity index is 1100. The summed E-state index contributed by atoms with van der Waals surface area (Å²) in [6, 6.07) is 5.55. The van der Waals surface area contributed by atoms with Crippen molar-refractivity contribution in [2.24, 2.45) is 6.98 Å². The van der Waals surface area contributed by atoms with Gasteiger partial charge in [-0.15, -0.1) is 24.8 Å². The van der Waals surface area contributed by atoms with Crippen LogP contribution in [0.2, 0.25) is 0 Å². The molecule has 7 nitrogen and oxygen atoms in total. The molecule has 0 aliphatic carbocycles. The molecule has 1 unspecified atom stereocenters. The highest BCUT2D eigenvalue weighted by Gasteiger charge is 2.26. The predicted octanol–water partition coefficient (Wildman–Crippen LogP) is 4.06. The smallest absolute Gasteiger partial charge is 0.147 e. The first-order valence-electron chi connectivity index (χ1n) is 11.2. The maximum absolute atomic E-state index is 10.6. The van der Waals surface area contributed by atoms with Crippen molar-refractivity contribution in [3.63, 3.8) is 0 Å². The van der Waals surface area contributed by atoms with Crippen LogP contribution in [0.5, 0.6) is 5.75 Å². The molecule has 0 spiro atoms. The zero-order chi connectivity index (χ0) is 23.1. The summed E-state index contributed by atoms with van der Waals surface area (Å²) in [7, 11) is 0. The normalized spacial score (nSPS) is 17.8. The van der Waals surface area contributed by atoms with Gasteiger partial charge in [0.1, 0.15) is 11.6 Å². The van der Waals surface area contributed by atoms with Crippen LogP contribution < -0.4 is 10.2 Å². The number of rotatable bonds is 4. The largest absolute Gasteiger partial charge is 0.507 e. The number of phenolic OH excluding ortho intramolecular Hbond substituents is 1. The second-order valence-corrected chi connectivity index (χ2v) is 8.49. The number of nitrogens with one attached hydrogen (secondary N) is 1. The van der Waals surface area contributed by atoms with Crippen LogP contribution in [0.15, 0.2) is 43.0 Å². The van der Waals surface area contributed by atoms with Crippen LogP contribution in [0.3, 0.4) is 0 Å². The fourth-order valence-corrected chi connectivity index (χ4v) is 3.72. The van der Waals surface area contributed by atoms with E-state index in [9.17, 15) is 5.11 Å². The highest BCUT2D eigenvalue weighted by Crippen LogP contribution is 2.32. The summed E-state index contributed by atoms with van der Waals surface area (Å²) in [4.78, 5) is 11.3. The van der Waals surface area contributed by atoms with Crippen LogP contribution in [0.1, 0.15) is 31.3 Å². The van der Waals surface area contributed by atoms with Gasteiger partial charge in [-0.2, -0.15) is 5.10 Å². The lowest BCUT2D eigenvalue weighted by Crippen LogP contribution is -2.44. The molecule has 168 valence electrons. The maximum atomic E-state index is 10.6. The Labute approximate surface area is 199 Å².